The van der Waals surface area contributed by atoms with Crippen LogP contribution in [0.5, 0.6) is 5.75 Å². The molecular weight excluding hydrogens is 550 g/mol. The molecule has 30 heavy (non-hydrogen) atoms. The van der Waals surface area contributed by atoms with Crippen molar-refractivity contribution in [1.29, 1.82) is 0 Å². The molecular formula is C18H20Cl3FN3O4Rh. The van der Waals surface area contributed by atoms with Crippen LogP contribution in [0.2, 0.25) is 0 Å². The molecule has 0 spiro atoms. The number of phenols is 1. The molecule has 1 saturated heterocycles. The van der Waals surface area contributed by atoms with Crippen LogP contribution in [0.4, 0.5) is 10.1 Å². The number of hydrogen-bond donors (Lipinski definition) is 3. The number of carbonyl (C=O) groups is 1. The summed E-state index contributed by atoms with van der Waals surface area (Å²) in [6, 6.07) is 1.21. The number of aromatic nitrogens is 1. The van der Waals surface area contributed by atoms with E-state index in [0.717, 1.165) is 18.9 Å². The van der Waals surface area contributed by atoms with Gasteiger partial charge in [0.15, 0.2) is 11.6 Å². The molecule has 2 aromatic rings. The second-order valence-corrected chi connectivity index (χ2v) is 14.7. The van der Waals surface area contributed by atoms with Crippen molar-refractivity contribution in [3.8, 4) is 5.75 Å². The molecule has 1 saturated carbocycles. The van der Waals surface area contributed by atoms with E-state index in [0.29, 0.717) is 19.6 Å². The average Bonchev–Trinajstić information content (AvgIpc) is 3.47. The number of hydrogen-bond acceptors (Lipinski definition) is 5. The van der Waals surface area contributed by atoms with Gasteiger partial charge in [0, 0.05) is 37.9 Å². The van der Waals surface area contributed by atoms with Gasteiger partial charge in [-0.2, -0.15) is 0 Å². The normalized spacial score (nSPS) is 19.3. The van der Waals surface area contributed by atoms with Crippen LogP contribution in [0.15, 0.2) is 17.1 Å². The number of fused-ring (bicyclic) bond motifs is 1. The number of phenolic OH excluding ortho intramolecular Hbond substituents is 1. The quantitative estimate of drug-likeness (QED) is 0.487. The maximum atomic E-state index is 14.8. The maximum absolute atomic E-state index is 14.8. The molecule has 2 aliphatic rings. The summed E-state index contributed by atoms with van der Waals surface area (Å²) in [5.41, 5.74) is -0.904. The van der Waals surface area contributed by atoms with Gasteiger partial charge in [0.05, 0.1) is 10.9 Å². The molecule has 1 aliphatic carbocycles. The van der Waals surface area contributed by atoms with Crippen molar-refractivity contribution in [2.45, 2.75) is 31.8 Å². The zero-order valence-electron chi connectivity index (χ0n) is 15.8. The summed E-state index contributed by atoms with van der Waals surface area (Å²) in [4.78, 5) is 25.7. The first-order valence-corrected chi connectivity index (χ1v) is 15.4. The van der Waals surface area contributed by atoms with E-state index in [-0.39, 0.29) is 34.4 Å². The van der Waals surface area contributed by atoms with Crippen LogP contribution >= 0.6 is 29.1 Å². The number of piperazine rings is 1. The van der Waals surface area contributed by atoms with Gasteiger partial charge >= 0.3 is 48.0 Å². The van der Waals surface area contributed by atoms with Crippen molar-refractivity contribution in [1.82, 2.24) is 9.88 Å². The molecule has 1 unspecified atom stereocenters. The van der Waals surface area contributed by atoms with Crippen LogP contribution in [-0.4, -0.2) is 46.4 Å². The zero-order valence-corrected chi connectivity index (χ0v) is 19.7. The molecule has 7 nitrogen and oxygen atoms in total. The van der Waals surface area contributed by atoms with Crippen molar-refractivity contribution in [2.75, 3.05) is 24.5 Å². The summed E-state index contributed by atoms with van der Waals surface area (Å²) in [6.07, 6.45) is 2.92. The first-order chi connectivity index (χ1) is 14.1. The van der Waals surface area contributed by atoms with E-state index < -0.39 is 35.8 Å². The second kappa shape index (κ2) is 9.57. The topological polar surface area (TPSA) is 94.8 Å². The van der Waals surface area contributed by atoms with Gasteiger partial charge in [-0.25, -0.2) is 9.18 Å². The molecule has 1 aromatic heterocycles. The molecule has 1 atom stereocenters. The Bertz CT molecular complexity index is 1030. The van der Waals surface area contributed by atoms with Crippen LogP contribution in [0.25, 0.3) is 10.9 Å². The number of pyridine rings is 1. The van der Waals surface area contributed by atoms with Gasteiger partial charge < -0.3 is 25.0 Å². The summed E-state index contributed by atoms with van der Waals surface area (Å²) < 4.78 is 16.5. The minimum atomic E-state index is -1.66. The number of nitrogens with zero attached hydrogens (tertiary/aromatic N) is 2. The van der Waals surface area contributed by atoms with E-state index in [1.54, 1.807) is 9.47 Å². The number of nitrogens with one attached hydrogen (secondary N) is 1. The SMILES string of the molecule is CC1CN(c2c(F)cc3c(=O)c(C(=O)O)cn(C4CC4)c3c2O)CCN1.[Cl][Rh]([Cl])[Cl]. The fraction of sp³-hybridized carbons (Fsp3) is 0.444. The van der Waals surface area contributed by atoms with E-state index in [2.05, 4.69) is 5.32 Å². The Balaban J connectivity index is 0.000000589. The molecule has 2 heterocycles. The Labute approximate surface area is 189 Å². The Hall–Kier alpha value is -1.12. The van der Waals surface area contributed by atoms with E-state index in [1.807, 2.05) is 6.92 Å². The zero-order chi connectivity index (χ0) is 22.2. The molecule has 168 valence electrons. The molecule has 1 aromatic carbocycles. The molecule has 3 N–H and O–H groups in total. The number of carboxylic acid groups (broad SMARTS) is 1. The van der Waals surface area contributed by atoms with Crippen molar-refractivity contribution in [3.63, 3.8) is 0 Å². The van der Waals surface area contributed by atoms with Gasteiger partial charge in [-0.15, -0.1) is 0 Å². The van der Waals surface area contributed by atoms with E-state index in [4.69, 9.17) is 29.1 Å². The number of halogens is 4. The number of anilines is 1. The molecule has 0 amide bonds. The summed E-state index contributed by atoms with van der Waals surface area (Å²) in [5.74, 6) is -2.37. The van der Waals surface area contributed by atoms with Gasteiger partial charge in [0.2, 0.25) is 5.43 Å². The average molecular weight is 571 g/mol. The fourth-order valence-electron chi connectivity index (χ4n) is 3.69. The van der Waals surface area contributed by atoms with Gasteiger partial charge in [-0.1, -0.05) is 0 Å². The third kappa shape index (κ3) is 5.02. The van der Waals surface area contributed by atoms with E-state index >= 15 is 0 Å². The number of rotatable bonds is 3. The molecule has 0 radical (unpaired) electrons. The molecule has 2 fully saturated rings. The van der Waals surface area contributed by atoms with E-state index in [1.165, 1.54) is 6.20 Å². The van der Waals surface area contributed by atoms with Crippen LogP contribution in [0, 0.1) is 5.82 Å². The first-order valence-electron chi connectivity index (χ1n) is 9.08. The Morgan fingerprint density at radius 3 is 2.50 bits per heavy atom. The number of aromatic hydroxyl groups is 1. The van der Waals surface area contributed by atoms with Gasteiger partial charge in [-0.05, 0) is 25.8 Å². The minimum absolute atomic E-state index is 0.0161. The van der Waals surface area contributed by atoms with Crippen molar-refractivity contribution in [3.05, 3.63) is 33.9 Å². The Kier molecular flexibility index (Phi) is 7.51. The standard InChI is InChI=1S/C18H20FN3O4.3ClH.Rh/c1-9-7-21(5-4-20-9)15-13(19)6-11-14(17(15)24)22(10-2-3-10)8-12(16(11)23)18(25)26;;;;/h6,8-10,20,24H,2-5,7H2,1H3,(H,25,26);3*1H;/q;;;;+3/p-3. The Morgan fingerprint density at radius 1 is 1.33 bits per heavy atom. The predicted octanol–water partition coefficient (Wildman–Crippen LogP) is 3.74. The van der Waals surface area contributed by atoms with E-state index in [9.17, 15) is 24.2 Å². The third-order valence-corrected chi connectivity index (χ3v) is 5.07. The molecule has 0 bridgehead atoms. The fourth-order valence-corrected chi connectivity index (χ4v) is 3.69. The Morgan fingerprint density at radius 2 is 1.97 bits per heavy atom. The molecule has 12 heteroatoms. The van der Waals surface area contributed by atoms with Crippen molar-refractivity contribution < 1.29 is 32.4 Å². The van der Waals surface area contributed by atoms with Crippen LogP contribution in [0.1, 0.15) is 36.2 Å². The molecule has 1 aliphatic heterocycles. The van der Waals surface area contributed by atoms with Crippen LogP contribution in [-0.2, 0) is 13.0 Å². The van der Waals surface area contributed by atoms with Gasteiger partial charge in [0.1, 0.15) is 11.3 Å². The monoisotopic (exact) mass is 569 g/mol. The summed E-state index contributed by atoms with van der Waals surface area (Å²) in [6.45, 7) is 3.69. The van der Waals surface area contributed by atoms with Crippen molar-refractivity contribution >= 4 is 51.6 Å². The van der Waals surface area contributed by atoms with Gasteiger partial charge in [-0.3, -0.25) is 4.79 Å². The number of aromatic carboxylic acids is 1. The first kappa shape index (κ1) is 23.5. The summed E-state index contributed by atoms with van der Waals surface area (Å²) in [5, 5.41) is 23.3. The molecule has 4 rings (SSSR count). The summed E-state index contributed by atoms with van der Waals surface area (Å²) >= 11 is -1.66. The summed E-state index contributed by atoms with van der Waals surface area (Å²) in [7, 11) is 14.8. The second-order valence-electron chi connectivity index (χ2n) is 7.21. The third-order valence-electron chi connectivity index (χ3n) is 5.07. The predicted molar refractivity (Wildman–Crippen MR) is 112 cm³/mol. The van der Waals surface area contributed by atoms with Gasteiger partial charge in [0.25, 0.3) is 0 Å². The number of carboxylic acids is 1. The van der Waals surface area contributed by atoms with Crippen LogP contribution in [0.3, 0.4) is 0 Å². The van der Waals surface area contributed by atoms with Crippen molar-refractivity contribution in [2.24, 2.45) is 0 Å². The van der Waals surface area contributed by atoms with Crippen LogP contribution < -0.4 is 15.6 Å². The number of benzene rings is 1.